The zero-order valence-electron chi connectivity index (χ0n) is 13.3. The van der Waals surface area contributed by atoms with Gasteiger partial charge in [0.2, 0.25) is 0 Å². The fraction of sp³-hybridized carbons (Fsp3) is 0.211. The van der Waals surface area contributed by atoms with Gasteiger partial charge in [0.05, 0.1) is 0 Å². The lowest BCUT2D eigenvalue weighted by Crippen LogP contribution is -2.14. The summed E-state index contributed by atoms with van der Waals surface area (Å²) in [7, 11) is 1.64. The number of aromatic nitrogens is 2. The average Bonchev–Trinajstić information content (AvgIpc) is 2.92. The molecule has 0 bridgehead atoms. The van der Waals surface area contributed by atoms with Gasteiger partial charge in [-0.3, -0.25) is 0 Å². The number of rotatable bonds is 4. The fourth-order valence-electron chi connectivity index (χ4n) is 2.47. The van der Waals surface area contributed by atoms with Gasteiger partial charge in [0.1, 0.15) is 5.82 Å². The van der Waals surface area contributed by atoms with Crippen molar-refractivity contribution in [3.05, 3.63) is 77.9 Å². The predicted octanol–water partition coefficient (Wildman–Crippen LogP) is 3.67. The Morgan fingerprint density at radius 2 is 1.36 bits per heavy atom. The van der Waals surface area contributed by atoms with Crippen LogP contribution in [0.15, 0.2) is 60.9 Å². The maximum atomic E-state index is 4.52. The molecule has 1 heterocycles. The highest BCUT2D eigenvalue weighted by Gasteiger charge is 2.16. The van der Waals surface area contributed by atoms with Crippen LogP contribution in [0.3, 0.4) is 0 Å². The Morgan fingerprint density at radius 3 is 1.77 bits per heavy atom. The van der Waals surface area contributed by atoms with E-state index < -0.39 is 7.92 Å². The first-order valence-corrected chi connectivity index (χ1v) is 9.03. The standard InChI is InChI=1S/C19H21N2P/c1-15-4-8-17(9-5-15)22(14-19-20-12-13-21(19)3)18-10-6-16(2)7-11-18/h4-13H,14H2,1-3H3. The Hall–Kier alpha value is -1.92. The van der Waals surface area contributed by atoms with E-state index >= 15 is 0 Å². The van der Waals surface area contributed by atoms with Crippen molar-refractivity contribution in [3.8, 4) is 0 Å². The van der Waals surface area contributed by atoms with Gasteiger partial charge in [-0.15, -0.1) is 0 Å². The van der Waals surface area contributed by atoms with Gasteiger partial charge < -0.3 is 4.57 Å². The van der Waals surface area contributed by atoms with Crippen LogP contribution in [0.25, 0.3) is 0 Å². The van der Waals surface area contributed by atoms with Crippen LogP contribution in [0.4, 0.5) is 0 Å². The lowest BCUT2D eigenvalue weighted by atomic mass is 10.2. The van der Waals surface area contributed by atoms with E-state index in [1.54, 1.807) is 0 Å². The van der Waals surface area contributed by atoms with E-state index in [4.69, 9.17) is 0 Å². The number of imidazole rings is 1. The normalized spacial score (nSPS) is 11.1. The van der Waals surface area contributed by atoms with E-state index in [0.29, 0.717) is 0 Å². The monoisotopic (exact) mass is 308 g/mol. The van der Waals surface area contributed by atoms with Crippen LogP contribution in [-0.2, 0) is 13.2 Å². The molecular weight excluding hydrogens is 287 g/mol. The quantitative estimate of drug-likeness (QED) is 0.672. The molecule has 0 spiro atoms. The summed E-state index contributed by atoms with van der Waals surface area (Å²) in [5.74, 6) is 1.15. The molecule has 1 aromatic heterocycles. The minimum Gasteiger partial charge on any atom is -0.338 e. The molecule has 0 atom stereocenters. The van der Waals surface area contributed by atoms with Crippen LogP contribution in [-0.4, -0.2) is 9.55 Å². The minimum absolute atomic E-state index is 0.426. The molecule has 0 saturated carbocycles. The Bertz CT molecular complexity index is 696. The maximum absolute atomic E-state index is 4.52. The van der Waals surface area contributed by atoms with E-state index in [1.807, 2.05) is 12.4 Å². The molecule has 3 heteroatoms. The lowest BCUT2D eigenvalue weighted by Gasteiger charge is -2.19. The second-order valence-corrected chi connectivity index (χ2v) is 7.92. The first-order valence-electron chi connectivity index (χ1n) is 7.50. The maximum Gasteiger partial charge on any atom is 0.113 e. The van der Waals surface area contributed by atoms with E-state index in [-0.39, 0.29) is 0 Å². The Labute approximate surface area is 133 Å². The highest BCUT2D eigenvalue weighted by atomic mass is 31.1. The summed E-state index contributed by atoms with van der Waals surface area (Å²) in [6, 6.07) is 17.9. The Kier molecular flexibility index (Phi) is 4.40. The summed E-state index contributed by atoms with van der Waals surface area (Å²) in [4.78, 5) is 4.52. The number of hydrogen-bond acceptors (Lipinski definition) is 1. The van der Waals surface area contributed by atoms with Gasteiger partial charge in [0.15, 0.2) is 0 Å². The van der Waals surface area contributed by atoms with E-state index in [1.165, 1.54) is 21.7 Å². The molecule has 0 unspecified atom stereocenters. The third kappa shape index (κ3) is 3.28. The number of benzene rings is 2. The second-order valence-electron chi connectivity index (χ2n) is 5.71. The zero-order chi connectivity index (χ0) is 15.5. The molecule has 3 aromatic rings. The SMILES string of the molecule is Cc1ccc(P(Cc2nccn2C)c2ccc(C)cc2)cc1. The summed E-state index contributed by atoms with van der Waals surface area (Å²) in [5.41, 5.74) is 2.61. The third-order valence-corrected chi connectivity index (χ3v) is 6.35. The van der Waals surface area contributed by atoms with Crippen LogP contribution in [0.2, 0.25) is 0 Å². The van der Waals surface area contributed by atoms with Crippen molar-refractivity contribution in [3.63, 3.8) is 0 Å². The Balaban J connectivity index is 1.99. The van der Waals surface area contributed by atoms with Gasteiger partial charge in [0.25, 0.3) is 0 Å². The molecule has 2 aromatic carbocycles. The molecule has 3 rings (SSSR count). The Morgan fingerprint density at radius 1 is 0.864 bits per heavy atom. The minimum atomic E-state index is -0.426. The van der Waals surface area contributed by atoms with Crippen LogP contribution < -0.4 is 10.6 Å². The molecule has 112 valence electrons. The highest BCUT2D eigenvalue weighted by molar-refractivity contribution is 7.72. The zero-order valence-corrected chi connectivity index (χ0v) is 14.2. The molecule has 22 heavy (non-hydrogen) atoms. The second kappa shape index (κ2) is 6.46. The molecule has 0 aliphatic carbocycles. The van der Waals surface area contributed by atoms with Gasteiger partial charge in [-0.25, -0.2) is 4.98 Å². The summed E-state index contributed by atoms with van der Waals surface area (Å²) in [6.07, 6.45) is 4.88. The molecule has 0 fully saturated rings. The average molecular weight is 308 g/mol. The topological polar surface area (TPSA) is 17.8 Å². The van der Waals surface area contributed by atoms with E-state index in [0.717, 1.165) is 12.0 Å². The van der Waals surface area contributed by atoms with Crippen molar-refractivity contribution >= 4 is 18.5 Å². The number of aryl methyl sites for hydroxylation is 3. The summed E-state index contributed by atoms with van der Waals surface area (Å²) < 4.78 is 2.12. The molecule has 0 aliphatic rings. The largest absolute Gasteiger partial charge is 0.338 e. The molecule has 2 nitrogen and oxygen atoms in total. The molecule has 0 aliphatic heterocycles. The first kappa shape index (κ1) is 15.0. The van der Waals surface area contributed by atoms with Crippen molar-refractivity contribution < 1.29 is 0 Å². The molecular formula is C19H21N2P. The summed E-state index contributed by atoms with van der Waals surface area (Å²) in [6.45, 7) is 4.27. The van der Waals surface area contributed by atoms with Crippen LogP contribution in [0, 0.1) is 13.8 Å². The number of hydrogen-bond donors (Lipinski definition) is 0. The van der Waals surface area contributed by atoms with Crippen molar-refractivity contribution in [1.29, 1.82) is 0 Å². The highest BCUT2D eigenvalue weighted by Crippen LogP contribution is 2.37. The molecule has 0 N–H and O–H groups in total. The van der Waals surface area contributed by atoms with Crippen LogP contribution >= 0.6 is 7.92 Å². The molecule has 0 saturated heterocycles. The first-order chi connectivity index (χ1) is 10.6. The van der Waals surface area contributed by atoms with Crippen molar-refractivity contribution in [1.82, 2.24) is 9.55 Å². The smallest absolute Gasteiger partial charge is 0.113 e. The van der Waals surface area contributed by atoms with E-state index in [2.05, 4.69) is 79.0 Å². The molecule has 0 amide bonds. The van der Waals surface area contributed by atoms with E-state index in [9.17, 15) is 0 Å². The number of nitrogens with zero attached hydrogens (tertiary/aromatic N) is 2. The summed E-state index contributed by atoms with van der Waals surface area (Å²) in [5, 5.41) is 2.82. The van der Waals surface area contributed by atoms with Gasteiger partial charge >= 0.3 is 0 Å². The third-order valence-electron chi connectivity index (χ3n) is 3.91. The van der Waals surface area contributed by atoms with Crippen molar-refractivity contribution in [2.24, 2.45) is 7.05 Å². The predicted molar refractivity (Wildman–Crippen MR) is 95.5 cm³/mol. The summed E-state index contributed by atoms with van der Waals surface area (Å²) >= 11 is 0. The van der Waals surface area contributed by atoms with Gasteiger partial charge in [-0.2, -0.15) is 0 Å². The van der Waals surface area contributed by atoms with Crippen molar-refractivity contribution in [2.75, 3.05) is 0 Å². The lowest BCUT2D eigenvalue weighted by molar-refractivity contribution is 0.848. The van der Waals surface area contributed by atoms with Crippen molar-refractivity contribution in [2.45, 2.75) is 20.0 Å². The molecule has 0 radical (unpaired) electrons. The van der Waals surface area contributed by atoms with Gasteiger partial charge in [0, 0.05) is 25.6 Å². The van der Waals surface area contributed by atoms with Gasteiger partial charge in [-0.05, 0) is 32.4 Å². The van der Waals surface area contributed by atoms with Crippen LogP contribution in [0.5, 0.6) is 0 Å². The fourth-order valence-corrected chi connectivity index (χ4v) is 4.74. The van der Waals surface area contributed by atoms with Gasteiger partial charge in [-0.1, -0.05) is 59.7 Å². The van der Waals surface area contributed by atoms with Crippen LogP contribution in [0.1, 0.15) is 17.0 Å².